The summed E-state index contributed by atoms with van der Waals surface area (Å²) in [4.78, 5) is 15.2. The minimum Gasteiger partial charge on any atom is -0.461 e. The zero-order valence-corrected chi connectivity index (χ0v) is 20.1. The molecule has 0 unspecified atom stereocenters. The minimum absolute atomic E-state index is 0.0666. The summed E-state index contributed by atoms with van der Waals surface area (Å²) >= 11 is 0. The van der Waals surface area contributed by atoms with Crippen molar-refractivity contribution in [2.45, 2.75) is 32.6 Å². The van der Waals surface area contributed by atoms with Crippen molar-refractivity contribution in [2.75, 3.05) is 6.61 Å². The molecule has 0 bridgehead atoms. The van der Waals surface area contributed by atoms with Gasteiger partial charge in [-0.3, -0.25) is 4.55 Å². The van der Waals surface area contributed by atoms with Crippen molar-refractivity contribution in [3.05, 3.63) is 77.0 Å². The first kappa shape index (κ1) is 23.5. The van der Waals surface area contributed by atoms with E-state index in [4.69, 9.17) is 13.7 Å². The number of esters is 1. The number of benzene rings is 3. The van der Waals surface area contributed by atoms with Crippen molar-refractivity contribution in [1.29, 1.82) is 0 Å². The molecule has 7 nitrogen and oxygen atoms in total. The number of hydrogen-bond acceptors (Lipinski definition) is 5. The van der Waals surface area contributed by atoms with Crippen LogP contribution in [0.15, 0.2) is 63.9 Å². The molecule has 8 heteroatoms. The molecule has 2 N–H and O–H groups in total. The van der Waals surface area contributed by atoms with Crippen molar-refractivity contribution in [1.82, 2.24) is 4.98 Å². The summed E-state index contributed by atoms with van der Waals surface area (Å²) in [5.74, 6) is -0.318. The number of carbonyl (C=O) groups is 1. The van der Waals surface area contributed by atoms with E-state index in [2.05, 4.69) is 18.0 Å². The molecule has 2 heterocycles. The van der Waals surface area contributed by atoms with Crippen LogP contribution >= 0.6 is 0 Å². The maximum absolute atomic E-state index is 12.1. The second-order valence-corrected chi connectivity index (χ2v) is 9.45. The first-order valence-corrected chi connectivity index (χ1v) is 12.2. The maximum Gasteiger partial charge on any atom is 0.355 e. The Bertz CT molecular complexity index is 1630. The topological polar surface area (TPSA) is 110 Å². The molecule has 5 rings (SSSR count). The minimum atomic E-state index is -4.02. The summed E-state index contributed by atoms with van der Waals surface area (Å²) in [7, 11) is -4.02. The maximum atomic E-state index is 12.1. The summed E-state index contributed by atoms with van der Waals surface area (Å²) in [6.07, 6.45) is 0. The normalized spacial score (nSPS) is 11.6. The lowest BCUT2D eigenvalue weighted by molar-refractivity contribution is 0.0519. The summed E-state index contributed by atoms with van der Waals surface area (Å²) in [6.45, 7) is 8.03. The largest absolute Gasteiger partial charge is 0.461 e. The van der Waals surface area contributed by atoms with Gasteiger partial charge in [-0.15, -0.1) is 0 Å². The van der Waals surface area contributed by atoms with Crippen molar-refractivity contribution in [3.63, 3.8) is 0 Å². The molecule has 5 aromatic rings. The Morgan fingerprint density at radius 3 is 2.29 bits per heavy atom. The molecule has 0 amide bonds. The molecule has 0 saturated heterocycles. The van der Waals surface area contributed by atoms with Gasteiger partial charge in [0.1, 0.15) is 16.9 Å². The van der Waals surface area contributed by atoms with Gasteiger partial charge in [-0.05, 0) is 57.0 Å². The number of para-hydroxylation sites is 1. The van der Waals surface area contributed by atoms with E-state index in [1.54, 1.807) is 19.1 Å². The third kappa shape index (κ3) is 4.30. The van der Waals surface area contributed by atoms with E-state index in [1.165, 1.54) is 12.1 Å². The molecule has 0 spiro atoms. The number of hydrogen-bond donors (Lipinski definition) is 2. The fourth-order valence-electron chi connectivity index (χ4n) is 4.14. The van der Waals surface area contributed by atoms with Gasteiger partial charge >= 0.3 is 5.97 Å². The SMILES string of the molecule is CCOC(=O)c1[nH]c2cc3oc4ccccc4c3c(C)c2c1C.Cc1ccc(S(=O)(=O)O)cc1. The average molecular weight is 480 g/mol. The number of aromatic nitrogens is 1. The van der Waals surface area contributed by atoms with Crippen LogP contribution in [0, 0.1) is 20.8 Å². The highest BCUT2D eigenvalue weighted by atomic mass is 32.2. The van der Waals surface area contributed by atoms with E-state index in [-0.39, 0.29) is 10.9 Å². The first-order chi connectivity index (χ1) is 16.1. The highest BCUT2D eigenvalue weighted by Crippen LogP contribution is 2.37. The van der Waals surface area contributed by atoms with Crippen LogP contribution < -0.4 is 0 Å². The number of H-pyrrole nitrogens is 1. The zero-order valence-electron chi connectivity index (χ0n) is 19.3. The lowest BCUT2D eigenvalue weighted by Gasteiger charge is -2.01. The van der Waals surface area contributed by atoms with Crippen LogP contribution in [0.25, 0.3) is 32.8 Å². The molecule has 0 fully saturated rings. The van der Waals surface area contributed by atoms with Gasteiger partial charge in [-0.1, -0.05) is 35.9 Å². The zero-order chi connectivity index (χ0) is 24.6. The Kier molecular flexibility index (Phi) is 6.20. The van der Waals surface area contributed by atoms with E-state index in [0.717, 1.165) is 49.5 Å². The second-order valence-electron chi connectivity index (χ2n) is 8.03. The molecule has 0 radical (unpaired) electrons. The number of rotatable bonds is 3. The molecule has 176 valence electrons. The monoisotopic (exact) mass is 479 g/mol. The Morgan fingerprint density at radius 2 is 1.65 bits per heavy atom. The van der Waals surface area contributed by atoms with Gasteiger partial charge < -0.3 is 14.1 Å². The molecule has 0 aliphatic carbocycles. The number of aryl methyl sites for hydroxylation is 3. The van der Waals surface area contributed by atoms with E-state index < -0.39 is 10.1 Å². The van der Waals surface area contributed by atoms with Gasteiger partial charge in [0.15, 0.2) is 0 Å². The summed E-state index contributed by atoms with van der Waals surface area (Å²) in [5.41, 5.74) is 6.11. The molecular weight excluding hydrogens is 454 g/mol. The van der Waals surface area contributed by atoms with Crippen molar-refractivity contribution in [2.24, 2.45) is 0 Å². The predicted octanol–water partition coefficient (Wildman–Crippen LogP) is 6.10. The van der Waals surface area contributed by atoms with E-state index in [9.17, 15) is 13.2 Å². The number of aromatic amines is 1. The Balaban J connectivity index is 0.000000210. The lowest BCUT2D eigenvalue weighted by Crippen LogP contribution is -2.06. The van der Waals surface area contributed by atoms with Gasteiger partial charge in [0.2, 0.25) is 0 Å². The summed E-state index contributed by atoms with van der Waals surface area (Å²) in [6, 6.07) is 16.0. The highest BCUT2D eigenvalue weighted by Gasteiger charge is 2.20. The Labute approximate surface area is 197 Å². The van der Waals surface area contributed by atoms with Crippen LogP contribution in [0.5, 0.6) is 0 Å². The van der Waals surface area contributed by atoms with Crippen LogP contribution in [0.2, 0.25) is 0 Å². The summed E-state index contributed by atoms with van der Waals surface area (Å²) < 4.78 is 40.6. The molecule has 0 aliphatic heterocycles. The molecule has 0 atom stereocenters. The molecule has 3 aromatic carbocycles. The fourth-order valence-corrected chi connectivity index (χ4v) is 4.62. The van der Waals surface area contributed by atoms with Crippen LogP contribution in [0.1, 0.15) is 34.1 Å². The van der Waals surface area contributed by atoms with Gasteiger partial charge in [0.05, 0.1) is 17.0 Å². The number of fused-ring (bicyclic) bond motifs is 4. The first-order valence-electron chi connectivity index (χ1n) is 10.8. The fraction of sp³-hybridized carbons (Fsp3) is 0.192. The molecule has 2 aromatic heterocycles. The lowest BCUT2D eigenvalue weighted by atomic mass is 10.0. The number of nitrogens with one attached hydrogen (secondary N) is 1. The van der Waals surface area contributed by atoms with Crippen LogP contribution in [-0.4, -0.2) is 30.5 Å². The van der Waals surface area contributed by atoms with E-state index in [0.29, 0.717) is 12.3 Å². The number of carbonyl (C=O) groups excluding carboxylic acids is 1. The van der Waals surface area contributed by atoms with Crippen LogP contribution in [0.3, 0.4) is 0 Å². The third-order valence-electron chi connectivity index (χ3n) is 5.73. The predicted molar refractivity (Wildman–Crippen MR) is 132 cm³/mol. The molecular formula is C26H25NO6S. The molecule has 34 heavy (non-hydrogen) atoms. The van der Waals surface area contributed by atoms with Crippen molar-refractivity contribution >= 4 is 48.9 Å². The van der Waals surface area contributed by atoms with Gasteiger partial charge in [-0.25, -0.2) is 4.79 Å². The van der Waals surface area contributed by atoms with Crippen LogP contribution in [0.4, 0.5) is 0 Å². The van der Waals surface area contributed by atoms with Gasteiger partial charge in [0.25, 0.3) is 10.1 Å². The van der Waals surface area contributed by atoms with Crippen LogP contribution in [-0.2, 0) is 14.9 Å². The summed E-state index contributed by atoms with van der Waals surface area (Å²) in [5, 5.41) is 3.26. The number of ether oxygens (including phenoxy) is 1. The molecule has 0 saturated carbocycles. The van der Waals surface area contributed by atoms with E-state index in [1.807, 2.05) is 38.1 Å². The molecule has 0 aliphatic rings. The Morgan fingerprint density at radius 1 is 0.971 bits per heavy atom. The smallest absolute Gasteiger partial charge is 0.355 e. The van der Waals surface area contributed by atoms with Gasteiger partial charge in [-0.2, -0.15) is 8.42 Å². The number of furan rings is 1. The van der Waals surface area contributed by atoms with Gasteiger partial charge in [0, 0.05) is 22.2 Å². The standard InChI is InChI=1S/C19H17NO3.C7H8O3S/c1-4-22-19(21)18-11(3)16-10(2)17-12-7-5-6-8-14(12)23-15(17)9-13(16)20-18;1-6-2-4-7(5-3-6)11(8,9)10/h5-9,20H,4H2,1-3H3;2-5H,1H3,(H,8,9,10). The Hall–Kier alpha value is -3.62. The second kappa shape index (κ2) is 8.96. The quantitative estimate of drug-likeness (QED) is 0.239. The highest BCUT2D eigenvalue weighted by molar-refractivity contribution is 7.85. The third-order valence-corrected chi connectivity index (χ3v) is 6.59. The van der Waals surface area contributed by atoms with E-state index >= 15 is 0 Å². The van der Waals surface area contributed by atoms with Crippen molar-refractivity contribution < 1.29 is 26.9 Å². The van der Waals surface area contributed by atoms with Crippen molar-refractivity contribution in [3.8, 4) is 0 Å². The average Bonchev–Trinajstić information content (AvgIpc) is 3.32.